The predicted molar refractivity (Wildman–Crippen MR) is 78.3 cm³/mol. The molecule has 2 aromatic carbocycles. The molecule has 2 aromatic rings. The summed E-state index contributed by atoms with van der Waals surface area (Å²) in [5, 5.41) is 11.7. The molecule has 0 aromatic heterocycles. The van der Waals surface area contributed by atoms with Gasteiger partial charge in [0.25, 0.3) is 0 Å². The third-order valence-electron chi connectivity index (χ3n) is 3.71. The Morgan fingerprint density at radius 2 is 1.89 bits per heavy atom. The monoisotopic (exact) mass is 259 g/mol. The average Bonchev–Trinajstić information content (AvgIpc) is 2.45. The number of nitrogens with two attached hydrogens (primary N) is 1. The van der Waals surface area contributed by atoms with E-state index in [-0.39, 0.29) is 12.6 Å². The number of aliphatic hydroxyl groups excluding tert-OH is 1. The van der Waals surface area contributed by atoms with Gasteiger partial charge in [-0.05, 0) is 16.8 Å². The van der Waals surface area contributed by atoms with Crippen LogP contribution in [0.4, 0.5) is 0 Å². The Labute approximate surface area is 114 Å². The summed E-state index contributed by atoms with van der Waals surface area (Å²) < 4.78 is 5.45. The minimum Gasteiger partial charge on any atom is -0.496 e. The Morgan fingerprint density at radius 1 is 1.21 bits per heavy atom. The van der Waals surface area contributed by atoms with E-state index in [4.69, 9.17) is 10.5 Å². The Morgan fingerprint density at radius 3 is 2.53 bits per heavy atom. The van der Waals surface area contributed by atoms with Gasteiger partial charge >= 0.3 is 0 Å². The molecule has 3 heteroatoms. The maximum atomic E-state index is 9.54. The van der Waals surface area contributed by atoms with Crippen molar-refractivity contribution in [3.8, 4) is 5.75 Å². The van der Waals surface area contributed by atoms with Crippen molar-refractivity contribution in [3.63, 3.8) is 0 Å². The number of fused-ring (bicyclic) bond motifs is 1. The molecule has 0 heterocycles. The second kappa shape index (κ2) is 5.19. The molecule has 0 aliphatic rings. The first-order chi connectivity index (χ1) is 9.01. The van der Waals surface area contributed by atoms with Crippen LogP contribution in [0.2, 0.25) is 0 Å². The zero-order valence-electron chi connectivity index (χ0n) is 11.7. The summed E-state index contributed by atoms with van der Waals surface area (Å²) in [5.74, 6) is 0.771. The zero-order valence-corrected chi connectivity index (χ0v) is 11.7. The molecular weight excluding hydrogens is 238 g/mol. The average molecular weight is 259 g/mol. The molecule has 2 rings (SSSR count). The van der Waals surface area contributed by atoms with E-state index in [1.807, 2.05) is 44.2 Å². The molecule has 0 fully saturated rings. The van der Waals surface area contributed by atoms with Crippen molar-refractivity contribution in [3.05, 3.63) is 42.0 Å². The van der Waals surface area contributed by atoms with Gasteiger partial charge in [0.1, 0.15) is 5.75 Å². The number of ether oxygens (including phenoxy) is 1. The number of aliphatic hydroxyl groups is 1. The first-order valence-electron chi connectivity index (χ1n) is 6.43. The lowest BCUT2D eigenvalue weighted by Crippen LogP contribution is -2.32. The summed E-state index contributed by atoms with van der Waals surface area (Å²) in [6.07, 6.45) is 0. The van der Waals surface area contributed by atoms with Crippen molar-refractivity contribution < 1.29 is 9.84 Å². The van der Waals surface area contributed by atoms with E-state index in [2.05, 4.69) is 6.07 Å². The highest BCUT2D eigenvalue weighted by molar-refractivity contribution is 5.88. The van der Waals surface area contributed by atoms with E-state index in [9.17, 15) is 5.11 Å². The number of rotatable bonds is 4. The second-order valence-corrected chi connectivity index (χ2v) is 5.53. The minimum absolute atomic E-state index is 0.0283. The normalized spacial score (nSPS) is 13.5. The van der Waals surface area contributed by atoms with Crippen LogP contribution in [0.1, 0.15) is 25.5 Å². The van der Waals surface area contributed by atoms with Crippen LogP contribution in [0.5, 0.6) is 5.75 Å². The molecular formula is C16H21NO2. The molecule has 0 saturated carbocycles. The SMILES string of the molecule is COc1ccc2ccccc2c1[C@H](N)C(C)(C)CO. The summed E-state index contributed by atoms with van der Waals surface area (Å²) in [6.45, 7) is 3.94. The molecule has 0 saturated heterocycles. The molecule has 3 N–H and O–H groups in total. The first kappa shape index (κ1) is 13.8. The van der Waals surface area contributed by atoms with Crippen molar-refractivity contribution in [2.75, 3.05) is 13.7 Å². The van der Waals surface area contributed by atoms with Crippen LogP contribution in [0.15, 0.2) is 36.4 Å². The van der Waals surface area contributed by atoms with Crippen LogP contribution >= 0.6 is 0 Å². The quantitative estimate of drug-likeness (QED) is 0.887. The van der Waals surface area contributed by atoms with Gasteiger partial charge < -0.3 is 15.6 Å². The molecule has 0 spiro atoms. The van der Waals surface area contributed by atoms with Crippen molar-refractivity contribution in [2.24, 2.45) is 11.1 Å². The molecule has 0 unspecified atom stereocenters. The molecule has 0 amide bonds. The lowest BCUT2D eigenvalue weighted by molar-refractivity contribution is 0.131. The summed E-state index contributed by atoms with van der Waals surface area (Å²) in [6, 6.07) is 11.8. The first-order valence-corrected chi connectivity index (χ1v) is 6.43. The minimum atomic E-state index is -0.405. The molecule has 19 heavy (non-hydrogen) atoms. The van der Waals surface area contributed by atoms with E-state index in [1.54, 1.807) is 7.11 Å². The summed E-state index contributed by atoms with van der Waals surface area (Å²) in [4.78, 5) is 0. The Bertz CT molecular complexity index is 578. The van der Waals surface area contributed by atoms with Crippen LogP contribution < -0.4 is 10.5 Å². The Balaban J connectivity index is 2.69. The fraction of sp³-hybridized carbons (Fsp3) is 0.375. The Hall–Kier alpha value is -1.58. The highest BCUT2D eigenvalue weighted by atomic mass is 16.5. The van der Waals surface area contributed by atoms with Gasteiger partial charge in [-0.15, -0.1) is 0 Å². The maximum Gasteiger partial charge on any atom is 0.124 e. The van der Waals surface area contributed by atoms with Crippen LogP contribution in [0.25, 0.3) is 10.8 Å². The molecule has 1 atom stereocenters. The third kappa shape index (κ3) is 2.44. The molecule has 102 valence electrons. The van der Waals surface area contributed by atoms with E-state index in [0.717, 1.165) is 22.1 Å². The number of hydrogen-bond donors (Lipinski definition) is 2. The fourth-order valence-corrected chi connectivity index (χ4v) is 2.26. The molecule has 0 bridgehead atoms. The van der Waals surface area contributed by atoms with Gasteiger partial charge in [-0.25, -0.2) is 0 Å². The number of hydrogen-bond acceptors (Lipinski definition) is 3. The smallest absolute Gasteiger partial charge is 0.124 e. The highest BCUT2D eigenvalue weighted by Crippen LogP contribution is 2.39. The van der Waals surface area contributed by atoms with Crippen molar-refractivity contribution in [1.82, 2.24) is 0 Å². The van der Waals surface area contributed by atoms with Crippen molar-refractivity contribution in [2.45, 2.75) is 19.9 Å². The van der Waals surface area contributed by atoms with Gasteiger partial charge in [-0.1, -0.05) is 44.2 Å². The summed E-state index contributed by atoms with van der Waals surface area (Å²) >= 11 is 0. The third-order valence-corrected chi connectivity index (χ3v) is 3.71. The molecule has 3 nitrogen and oxygen atoms in total. The van der Waals surface area contributed by atoms with Gasteiger partial charge in [-0.2, -0.15) is 0 Å². The van der Waals surface area contributed by atoms with E-state index in [0.29, 0.717) is 0 Å². The molecule has 0 aliphatic carbocycles. The number of methoxy groups -OCH3 is 1. The molecule has 0 radical (unpaired) electrons. The van der Waals surface area contributed by atoms with E-state index in [1.165, 1.54) is 0 Å². The van der Waals surface area contributed by atoms with Gasteiger partial charge in [0.05, 0.1) is 7.11 Å². The topological polar surface area (TPSA) is 55.5 Å². The van der Waals surface area contributed by atoms with E-state index < -0.39 is 5.41 Å². The van der Waals surface area contributed by atoms with Gasteiger partial charge in [0.15, 0.2) is 0 Å². The lowest BCUT2D eigenvalue weighted by Gasteiger charge is -2.31. The van der Waals surface area contributed by atoms with Crippen molar-refractivity contribution in [1.29, 1.82) is 0 Å². The second-order valence-electron chi connectivity index (χ2n) is 5.53. The van der Waals surface area contributed by atoms with E-state index >= 15 is 0 Å². The predicted octanol–water partition coefficient (Wildman–Crippen LogP) is 2.87. The fourth-order valence-electron chi connectivity index (χ4n) is 2.26. The van der Waals surface area contributed by atoms with Gasteiger partial charge in [0, 0.05) is 23.6 Å². The Kier molecular flexibility index (Phi) is 3.78. The standard InChI is InChI=1S/C16H21NO2/c1-16(2,10-18)15(17)14-12-7-5-4-6-11(12)8-9-13(14)19-3/h4-9,15,18H,10,17H2,1-3H3/t15-/m0/s1. The maximum absolute atomic E-state index is 9.54. The van der Waals surface area contributed by atoms with Crippen LogP contribution in [0.3, 0.4) is 0 Å². The van der Waals surface area contributed by atoms with Crippen LogP contribution in [0, 0.1) is 5.41 Å². The largest absolute Gasteiger partial charge is 0.496 e. The molecule has 0 aliphatic heterocycles. The van der Waals surface area contributed by atoms with Gasteiger partial charge in [-0.3, -0.25) is 0 Å². The van der Waals surface area contributed by atoms with Crippen LogP contribution in [-0.2, 0) is 0 Å². The summed E-state index contributed by atoms with van der Waals surface area (Å²) in [7, 11) is 1.65. The van der Waals surface area contributed by atoms with Crippen LogP contribution in [-0.4, -0.2) is 18.8 Å². The number of benzene rings is 2. The van der Waals surface area contributed by atoms with Gasteiger partial charge in [0.2, 0.25) is 0 Å². The summed E-state index contributed by atoms with van der Waals surface area (Å²) in [5.41, 5.74) is 6.94. The zero-order chi connectivity index (χ0) is 14.0. The lowest BCUT2D eigenvalue weighted by atomic mass is 9.80. The highest BCUT2D eigenvalue weighted by Gasteiger charge is 2.30. The van der Waals surface area contributed by atoms with Crippen molar-refractivity contribution >= 4 is 10.8 Å².